The van der Waals surface area contributed by atoms with Gasteiger partial charge in [0.05, 0.1) is 11.1 Å². The number of aromatic carboxylic acids is 2. The van der Waals surface area contributed by atoms with Crippen molar-refractivity contribution in [2.45, 2.75) is 90.9 Å². The Morgan fingerprint density at radius 1 is 0.500 bits per heavy atom. The lowest BCUT2D eigenvalue weighted by atomic mass is 9.87. The molecule has 0 aliphatic rings. The van der Waals surface area contributed by atoms with E-state index in [0.29, 0.717) is 24.0 Å². The van der Waals surface area contributed by atoms with Crippen LogP contribution in [0.15, 0.2) is 60.7 Å². The molecule has 0 aromatic heterocycles. The van der Waals surface area contributed by atoms with Crippen molar-refractivity contribution in [3.8, 4) is 0 Å². The number of carbonyl (C=O) groups is 2. The number of carboxylic acids is 2. The minimum atomic E-state index is -1.03. The molecule has 0 spiro atoms. The zero-order valence-electron chi connectivity index (χ0n) is 23.0. The highest BCUT2D eigenvalue weighted by Gasteiger charge is 2.21. The van der Waals surface area contributed by atoms with Crippen LogP contribution in [0.2, 0.25) is 0 Å². The molecule has 0 amide bonds. The first-order valence-electron chi connectivity index (χ1n) is 14.2. The van der Waals surface area contributed by atoms with E-state index in [1.54, 1.807) is 0 Å². The van der Waals surface area contributed by atoms with Crippen molar-refractivity contribution in [2.24, 2.45) is 0 Å². The van der Waals surface area contributed by atoms with E-state index in [1.807, 2.05) is 24.3 Å². The highest BCUT2D eigenvalue weighted by molar-refractivity contribution is 5.95. The predicted octanol–water partition coefficient (Wildman–Crippen LogP) is 8.51. The number of rotatable bonds is 16. The van der Waals surface area contributed by atoms with Gasteiger partial charge in [-0.1, -0.05) is 101 Å². The molecule has 3 aromatic rings. The second kappa shape index (κ2) is 15.1. The fraction of sp³-hybridized carbons (Fsp3) is 0.412. The van der Waals surface area contributed by atoms with Gasteiger partial charge in [0.15, 0.2) is 0 Å². The largest absolute Gasteiger partial charge is 0.478 e. The zero-order valence-corrected chi connectivity index (χ0v) is 23.0. The molecule has 38 heavy (non-hydrogen) atoms. The minimum absolute atomic E-state index is 0.168. The molecule has 0 aliphatic carbocycles. The molecule has 4 heteroatoms. The quantitative estimate of drug-likeness (QED) is 0.188. The van der Waals surface area contributed by atoms with Crippen LogP contribution in [0.4, 0.5) is 0 Å². The number of aryl methyl sites for hydroxylation is 2. The molecule has 0 radical (unpaired) electrons. The number of carboxylic acid groups (broad SMARTS) is 2. The molecule has 3 aromatic carbocycles. The number of benzene rings is 3. The lowest BCUT2D eigenvalue weighted by Crippen LogP contribution is -2.13. The molecule has 0 saturated heterocycles. The first kappa shape index (κ1) is 29.2. The topological polar surface area (TPSA) is 74.6 Å². The summed E-state index contributed by atoms with van der Waals surface area (Å²) in [5.41, 5.74) is 6.01. The van der Waals surface area contributed by atoms with Crippen molar-refractivity contribution in [1.29, 1.82) is 0 Å². The molecular weight excluding hydrogens is 472 g/mol. The van der Waals surface area contributed by atoms with E-state index in [-0.39, 0.29) is 11.1 Å². The molecule has 0 aliphatic heterocycles. The number of unbranched alkanes of at least 4 members (excludes halogenated alkanes) is 6. The van der Waals surface area contributed by atoms with Gasteiger partial charge in [0.2, 0.25) is 0 Å². The second-order valence-electron chi connectivity index (χ2n) is 10.3. The molecule has 0 unspecified atom stereocenters. The summed E-state index contributed by atoms with van der Waals surface area (Å²) >= 11 is 0. The molecule has 0 atom stereocenters. The van der Waals surface area contributed by atoms with Crippen LogP contribution in [-0.4, -0.2) is 22.2 Å². The average molecular weight is 515 g/mol. The zero-order chi connectivity index (χ0) is 27.3. The van der Waals surface area contributed by atoms with Gasteiger partial charge in [0.1, 0.15) is 0 Å². The maximum absolute atomic E-state index is 12.2. The van der Waals surface area contributed by atoms with Gasteiger partial charge in [-0.05, 0) is 84.0 Å². The van der Waals surface area contributed by atoms with Crippen molar-refractivity contribution >= 4 is 11.9 Å². The number of hydrogen-bond donors (Lipinski definition) is 2. The number of hydrogen-bond acceptors (Lipinski definition) is 2. The van der Waals surface area contributed by atoms with Gasteiger partial charge in [-0.15, -0.1) is 0 Å². The van der Waals surface area contributed by atoms with Crippen LogP contribution >= 0.6 is 0 Å². The van der Waals surface area contributed by atoms with Crippen LogP contribution < -0.4 is 0 Å². The van der Waals surface area contributed by atoms with Crippen molar-refractivity contribution in [3.63, 3.8) is 0 Å². The summed E-state index contributed by atoms with van der Waals surface area (Å²) in [4.78, 5) is 24.3. The molecule has 0 heterocycles. The van der Waals surface area contributed by atoms with E-state index >= 15 is 0 Å². The molecular formula is C34H42O4. The molecule has 202 valence electrons. The lowest BCUT2D eigenvalue weighted by Gasteiger charge is -2.17. The smallest absolute Gasteiger partial charge is 0.335 e. The molecule has 0 saturated carbocycles. The Kier molecular flexibility index (Phi) is 11.6. The third-order valence-corrected chi connectivity index (χ3v) is 7.34. The lowest BCUT2D eigenvalue weighted by molar-refractivity contribution is 0.0679. The maximum Gasteiger partial charge on any atom is 0.335 e. The van der Waals surface area contributed by atoms with E-state index in [2.05, 4.69) is 38.1 Å². The molecule has 0 bridgehead atoms. The van der Waals surface area contributed by atoms with Gasteiger partial charge in [-0.3, -0.25) is 0 Å². The Morgan fingerprint density at radius 3 is 1.16 bits per heavy atom. The van der Waals surface area contributed by atoms with Crippen molar-refractivity contribution in [1.82, 2.24) is 0 Å². The van der Waals surface area contributed by atoms with E-state index in [1.165, 1.54) is 74.6 Å². The van der Waals surface area contributed by atoms with Crippen LogP contribution in [0, 0.1) is 0 Å². The minimum Gasteiger partial charge on any atom is -0.478 e. The summed E-state index contributed by atoms with van der Waals surface area (Å²) in [6.07, 6.45) is 12.5. The first-order valence-corrected chi connectivity index (χ1v) is 14.2. The van der Waals surface area contributed by atoms with E-state index in [9.17, 15) is 19.8 Å². The van der Waals surface area contributed by atoms with Crippen molar-refractivity contribution in [3.05, 3.63) is 105 Å². The second-order valence-corrected chi connectivity index (χ2v) is 10.3. The molecule has 3 rings (SSSR count). The van der Waals surface area contributed by atoms with Crippen LogP contribution in [0.3, 0.4) is 0 Å². The molecule has 0 fully saturated rings. The third-order valence-electron chi connectivity index (χ3n) is 7.34. The summed E-state index contributed by atoms with van der Waals surface area (Å²) in [5.74, 6) is -2.07. The molecule has 2 N–H and O–H groups in total. The fourth-order valence-corrected chi connectivity index (χ4v) is 5.07. The van der Waals surface area contributed by atoms with Gasteiger partial charge in [0, 0.05) is 0 Å². The van der Waals surface area contributed by atoms with Crippen LogP contribution in [0.5, 0.6) is 0 Å². The van der Waals surface area contributed by atoms with Crippen molar-refractivity contribution < 1.29 is 19.8 Å². The Morgan fingerprint density at radius 2 is 0.842 bits per heavy atom. The fourth-order valence-electron chi connectivity index (χ4n) is 5.07. The monoisotopic (exact) mass is 514 g/mol. The van der Waals surface area contributed by atoms with Gasteiger partial charge in [-0.2, -0.15) is 0 Å². The Balaban J connectivity index is 1.86. The SMILES string of the molecule is CCCCCCc1ccc(Cc2c(C(=O)O)ccc(C(=O)O)c2Cc2ccc(CCCCCC)cc2)cc1. The summed E-state index contributed by atoms with van der Waals surface area (Å²) in [5, 5.41) is 19.9. The summed E-state index contributed by atoms with van der Waals surface area (Å²) in [6.45, 7) is 4.41. The highest BCUT2D eigenvalue weighted by Crippen LogP contribution is 2.27. The normalized spacial score (nSPS) is 11.0. The Hall–Kier alpha value is -3.40. The summed E-state index contributed by atoms with van der Waals surface area (Å²) in [7, 11) is 0. The van der Waals surface area contributed by atoms with Crippen LogP contribution in [-0.2, 0) is 25.7 Å². The highest BCUT2D eigenvalue weighted by atomic mass is 16.4. The van der Waals surface area contributed by atoms with Gasteiger partial charge >= 0.3 is 11.9 Å². The first-order chi connectivity index (χ1) is 18.4. The van der Waals surface area contributed by atoms with E-state index < -0.39 is 11.9 Å². The van der Waals surface area contributed by atoms with E-state index in [0.717, 1.165) is 24.0 Å². The summed E-state index contributed by atoms with van der Waals surface area (Å²) < 4.78 is 0. The average Bonchev–Trinajstić information content (AvgIpc) is 2.91. The van der Waals surface area contributed by atoms with Crippen LogP contribution in [0.1, 0.15) is 119 Å². The van der Waals surface area contributed by atoms with E-state index in [4.69, 9.17) is 0 Å². The van der Waals surface area contributed by atoms with Crippen LogP contribution in [0.25, 0.3) is 0 Å². The Labute approximate surface area is 227 Å². The standard InChI is InChI=1S/C34H42O4/c1-3-5-7-9-11-25-13-17-27(18-14-25)23-31-29(33(35)36)21-22-30(34(37)38)32(31)24-28-19-15-26(16-20-28)12-10-8-6-4-2/h13-22H,3-12,23-24H2,1-2H3,(H,35,36)(H,37,38). The van der Waals surface area contributed by atoms with Crippen molar-refractivity contribution in [2.75, 3.05) is 0 Å². The molecule has 4 nitrogen and oxygen atoms in total. The Bertz CT molecular complexity index is 1080. The van der Waals surface area contributed by atoms with Gasteiger partial charge < -0.3 is 10.2 Å². The predicted molar refractivity (Wildman–Crippen MR) is 155 cm³/mol. The maximum atomic E-state index is 12.2. The van der Waals surface area contributed by atoms with Gasteiger partial charge in [-0.25, -0.2) is 9.59 Å². The summed E-state index contributed by atoms with van der Waals surface area (Å²) in [6, 6.07) is 19.5. The third kappa shape index (κ3) is 8.58. The van der Waals surface area contributed by atoms with Gasteiger partial charge in [0.25, 0.3) is 0 Å².